The lowest BCUT2D eigenvalue weighted by molar-refractivity contribution is -0.130. The summed E-state index contributed by atoms with van der Waals surface area (Å²) in [5.74, 6) is 0.711. The normalized spacial score (nSPS) is 15.0. The Labute approximate surface area is 147 Å². The molecule has 0 atom stereocenters. The van der Waals surface area contributed by atoms with Crippen LogP contribution in [0.4, 0.5) is 5.69 Å². The van der Waals surface area contributed by atoms with E-state index in [0.29, 0.717) is 25.9 Å². The Morgan fingerprint density at radius 3 is 2.72 bits per heavy atom. The quantitative estimate of drug-likeness (QED) is 0.871. The molecule has 1 saturated heterocycles. The summed E-state index contributed by atoms with van der Waals surface area (Å²) in [6, 6.07) is 7.68. The highest BCUT2D eigenvalue weighted by molar-refractivity contribution is 5.93. The molecule has 1 aliphatic rings. The molecule has 3 rings (SSSR count). The van der Waals surface area contributed by atoms with Crippen LogP contribution < -0.4 is 5.32 Å². The zero-order valence-electron chi connectivity index (χ0n) is 14.3. The number of nitrogens with one attached hydrogen (secondary N) is 1. The van der Waals surface area contributed by atoms with E-state index in [4.69, 9.17) is 0 Å². The van der Waals surface area contributed by atoms with E-state index in [1.165, 1.54) is 6.08 Å². The molecular weight excluding hydrogens is 316 g/mol. The van der Waals surface area contributed by atoms with Crippen LogP contribution in [-0.2, 0) is 16.6 Å². The SMILES string of the molecule is C=CC(=O)N1CCC(C(=O)Nc2cccc(-c3nccn3C)c2)CC1. The zero-order chi connectivity index (χ0) is 17.8. The lowest BCUT2D eigenvalue weighted by atomic mass is 9.95. The molecule has 0 spiro atoms. The molecule has 130 valence electrons. The van der Waals surface area contributed by atoms with Crippen LogP contribution in [0.5, 0.6) is 0 Å². The van der Waals surface area contributed by atoms with Crippen LogP contribution in [0.25, 0.3) is 11.4 Å². The Morgan fingerprint density at radius 1 is 1.32 bits per heavy atom. The van der Waals surface area contributed by atoms with Crippen LogP contribution in [0.15, 0.2) is 49.3 Å². The fraction of sp³-hybridized carbons (Fsp3) is 0.316. The summed E-state index contributed by atoms with van der Waals surface area (Å²) in [6.07, 6.45) is 6.30. The van der Waals surface area contributed by atoms with Crippen molar-refractivity contribution in [1.29, 1.82) is 0 Å². The number of imidazole rings is 1. The maximum Gasteiger partial charge on any atom is 0.245 e. The Hall–Kier alpha value is -2.89. The number of hydrogen-bond donors (Lipinski definition) is 1. The molecule has 0 radical (unpaired) electrons. The first kappa shape index (κ1) is 17.0. The van der Waals surface area contributed by atoms with Crippen LogP contribution in [0.3, 0.4) is 0 Å². The first-order chi connectivity index (χ1) is 12.1. The molecule has 6 heteroatoms. The highest BCUT2D eigenvalue weighted by Crippen LogP contribution is 2.23. The van der Waals surface area contributed by atoms with Gasteiger partial charge in [-0.1, -0.05) is 18.7 Å². The van der Waals surface area contributed by atoms with E-state index in [1.807, 2.05) is 42.1 Å². The van der Waals surface area contributed by atoms with Crippen molar-refractivity contribution in [2.75, 3.05) is 18.4 Å². The van der Waals surface area contributed by atoms with Gasteiger partial charge in [0.05, 0.1) is 0 Å². The van der Waals surface area contributed by atoms with E-state index in [9.17, 15) is 9.59 Å². The van der Waals surface area contributed by atoms with E-state index < -0.39 is 0 Å². The van der Waals surface area contributed by atoms with E-state index in [-0.39, 0.29) is 17.7 Å². The number of anilines is 1. The van der Waals surface area contributed by atoms with E-state index >= 15 is 0 Å². The van der Waals surface area contributed by atoms with Gasteiger partial charge in [0.15, 0.2) is 0 Å². The van der Waals surface area contributed by atoms with Crippen molar-refractivity contribution < 1.29 is 9.59 Å². The van der Waals surface area contributed by atoms with Gasteiger partial charge in [0, 0.05) is 49.7 Å². The van der Waals surface area contributed by atoms with Crippen molar-refractivity contribution in [3.63, 3.8) is 0 Å². The van der Waals surface area contributed by atoms with Crippen LogP contribution in [0.2, 0.25) is 0 Å². The van der Waals surface area contributed by atoms with Crippen LogP contribution in [-0.4, -0.2) is 39.4 Å². The number of hydrogen-bond acceptors (Lipinski definition) is 3. The van der Waals surface area contributed by atoms with Crippen LogP contribution in [0, 0.1) is 5.92 Å². The monoisotopic (exact) mass is 338 g/mol. The minimum absolute atomic E-state index is 0.00249. The molecule has 2 amide bonds. The number of amides is 2. The van der Waals surface area contributed by atoms with Gasteiger partial charge in [-0.25, -0.2) is 4.98 Å². The molecule has 2 heterocycles. The smallest absolute Gasteiger partial charge is 0.245 e. The molecule has 25 heavy (non-hydrogen) atoms. The third-order valence-electron chi connectivity index (χ3n) is 4.56. The highest BCUT2D eigenvalue weighted by atomic mass is 16.2. The van der Waals surface area contributed by atoms with E-state index in [0.717, 1.165) is 17.1 Å². The molecule has 1 fully saturated rings. The second kappa shape index (κ2) is 7.34. The van der Waals surface area contributed by atoms with Gasteiger partial charge >= 0.3 is 0 Å². The maximum absolute atomic E-state index is 12.5. The number of carbonyl (C=O) groups is 2. The van der Waals surface area contributed by atoms with E-state index in [1.54, 1.807) is 11.1 Å². The Bertz CT molecular complexity index is 788. The first-order valence-corrected chi connectivity index (χ1v) is 8.38. The van der Waals surface area contributed by atoms with Gasteiger partial charge in [-0.3, -0.25) is 9.59 Å². The highest BCUT2D eigenvalue weighted by Gasteiger charge is 2.26. The molecule has 1 aromatic heterocycles. The zero-order valence-corrected chi connectivity index (χ0v) is 14.3. The van der Waals surface area contributed by atoms with Gasteiger partial charge < -0.3 is 14.8 Å². The molecule has 1 aromatic carbocycles. The molecule has 0 saturated carbocycles. The van der Waals surface area contributed by atoms with Crippen molar-refractivity contribution in [3.8, 4) is 11.4 Å². The van der Waals surface area contributed by atoms with Gasteiger partial charge in [0.2, 0.25) is 11.8 Å². The lowest BCUT2D eigenvalue weighted by Crippen LogP contribution is -2.40. The van der Waals surface area contributed by atoms with Gasteiger partial charge in [-0.2, -0.15) is 0 Å². The standard InChI is InChI=1S/C19H22N4O2/c1-3-17(24)23-10-7-14(8-11-23)19(25)21-16-6-4-5-15(13-16)18-20-9-12-22(18)2/h3-6,9,12-14H,1,7-8,10-11H2,2H3,(H,21,25). The summed E-state index contributed by atoms with van der Waals surface area (Å²) in [6.45, 7) is 4.69. The number of rotatable bonds is 4. The van der Waals surface area contributed by atoms with Gasteiger partial charge in [0.25, 0.3) is 0 Å². The molecule has 1 aliphatic heterocycles. The average Bonchev–Trinajstić information content (AvgIpc) is 3.07. The number of aryl methyl sites for hydroxylation is 1. The molecular formula is C19H22N4O2. The molecule has 6 nitrogen and oxygen atoms in total. The number of likely N-dealkylation sites (tertiary alicyclic amines) is 1. The van der Waals surface area contributed by atoms with E-state index in [2.05, 4.69) is 16.9 Å². The summed E-state index contributed by atoms with van der Waals surface area (Å²) >= 11 is 0. The minimum atomic E-state index is -0.0781. The van der Waals surface area contributed by atoms with Crippen molar-refractivity contribution in [2.45, 2.75) is 12.8 Å². The number of nitrogens with zero attached hydrogens (tertiary/aromatic N) is 3. The van der Waals surface area contributed by atoms with Gasteiger partial charge in [0.1, 0.15) is 5.82 Å². The summed E-state index contributed by atoms with van der Waals surface area (Å²) in [4.78, 5) is 30.2. The molecule has 0 unspecified atom stereocenters. The molecule has 1 N–H and O–H groups in total. The van der Waals surface area contributed by atoms with Crippen LogP contribution in [0.1, 0.15) is 12.8 Å². The number of carbonyl (C=O) groups excluding carboxylic acids is 2. The Morgan fingerprint density at radius 2 is 2.08 bits per heavy atom. The summed E-state index contributed by atoms with van der Waals surface area (Å²) in [5, 5.41) is 2.99. The average molecular weight is 338 g/mol. The molecule has 2 aromatic rings. The number of benzene rings is 1. The predicted octanol–water partition coefficient (Wildman–Crippen LogP) is 2.45. The third kappa shape index (κ3) is 3.79. The van der Waals surface area contributed by atoms with Crippen molar-refractivity contribution in [2.24, 2.45) is 13.0 Å². The fourth-order valence-corrected chi connectivity index (χ4v) is 3.12. The van der Waals surface area contributed by atoms with Crippen molar-refractivity contribution in [1.82, 2.24) is 14.5 Å². The molecule has 0 aliphatic carbocycles. The molecule has 0 bridgehead atoms. The Kier molecular flexibility index (Phi) is 4.97. The van der Waals surface area contributed by atoms with Crippen molar-refractivity contribution >= 4 is 17.5 Å². The third-order valence-corrected chi connectivity index (χ3v) is 4.56. The fourth-order valence-electron chi connectivity index (χ4n) is 3.12. The predicted molar refractivity (Wildman–Crippen MR) is 96.8 cm³/mol. The number of aromatic nitrogens is 2. The van der Waals surface area contributed by atoms with Gasteiger partial charge in [-0.05, 0) is 31.1 Å². The van der Waals surface area contributed by atoms with Crippen molar-refractivity contribution in [3.05, 3.63) is 49.3 Å². The maximum atomic E-state index is 12.5. The van der Waals surface area contributed by atoms with Gasteiger partial charge in [-0.15, -0.1) is 0 Å². The summed E-state index contributed by atoms with van der Waals surface area (Å²) < 4.78 is 1.94. The first-order valence-electron chi connectivity index (χ1n) is 8.38. The lowest BCUT2D eigenvalue weighted by Gasteiger charge is -2.30. The largest absolute Gasteiger partial charge is 0.339 e. The van der Waals surface area contributed by atoms with Crippen LogP contribution >= 0.6 is 0 Å². The summed E-state index contributed by atoms with van der Waals surface area (Å²) in [5.41, 5.74) is 1.71. The number of piperidine rings is 1. The second-order valence-corrected chi connectivity index (χ2v) is 6.24. The minimum Gasteiger partial charge on any atom is -0.339 e. The topological polar surface area (TPSA) is 67.2 Å². The summed E-state index contributed by atoms with van der Waals surface area (Å²) in [7, 11) is 1.94. The Balaban J connectivity index is 1.63. The second-order valence-electron chi connectivity index (χ2n) is 6.24.